The van der Waals surface area contributed by atoms with Crippen molar-refractivity contribution in [2.24, 2.45) is 0 Å². The molecule has 1 heterocycles. The third kappa shape index (κ3) is 5.57. The first-order chi connectivity index (χ1) is 13.9. The molecule has 2 aromatic rings. The molecule has 8 heteroatoms. The van der Waals surface area contributed by atoms with Gasteiger partial charge in [0.05, 0.1) is 17.1 Å². The summed E-state index contributed by atoms with van der Waals surface area (Å²) in [7, 11) is -3.10. The molecule has 0 saturated carbocycles. The Morgan fingerprint density at radius 3 is 2.45 bits per heavy atom. The highest BCUT2D eigenvalue weighted by atomic mass is 32.2. The molecule has 0 aromatic heterocycles. The zero-order valence-corrected chi connectivity index (χ0v) is 16.9. The summed E-state index contributed by atoms with van der Waals surface area (Å²) in [5, 5.41) is 0. The van der Waals surface area contributed by atoms with E-state index >= 15 is 0 Å². The van der Waals surface area contributed by atoms with Crippen molar-refractivity contribution in [1.29, 1.82) is 0 Å². The van der Waals surface area contributed by atoms with Gasteiger partial charge in [-0.3, -0.25) is 4.79 Å². The normalized spacial score (nSPS) is 17.5. The third-order valence-corrected chi connectivity index (χ3v) is 6.44. The summed E-state index contributed by atoms with van der Waals surface area (Å²) >= 11 is 0. The average Bonchev–Trinajstić information content (AvgIpc) is 3.07. The predicted molar refractivity (Wildman–Crippen MR) is 108 cm³/mol. The number of para-hydroxylation sites is 1. The van der Waals surface area contributed by atoms with E-state index in [1.54, 1.807) is 43.3 Å². The monoisotopic (exact) mass is 417 g/mol. The molecular formula is C21H23NO6S. The van der Waals surface area contributed by atoms with Crippen LogP contribution in [0.25, 0.3) is 0 Å². The Kier molecular flexibility index (Phi) is 6.53. The lowest BCUT2D eigenvalue weighted by molar-refractivity contribution is -0.136. The van der Waals surface area contributed by atoms with Gasteiger partial charge in [-0.1, -0.05) is 24.3 Å². The molecule has 1 saturated heterocycles. The standard InChI is InChI=1S/C21H23NO6S/c1-2-22(17-11-12-29(25,26)15-17)20(23)14-27-21(24)16-7-6-10-19(13-16)28-18-8-4-3-5-9-18/h3-10,13,17H,2,11-12,14-15H2,1H3/t17-/m0/s1. The molecule has 7 nitrogen and oxygen atoms in total. The second-order valence-electron chi connectivity index (χ2n) is 6.76. The maximum atomic E-state index is 12.4. The highest BCUT2D eigenvalue weighted by molar-refractivity contribution is 7.91. The van der Waals surface area contributed by atoms with E-state index in [0.717, 1.165) is 0 Å². The van der Waals surface area contributed by atoms with E-state index in [-0.39, 0.29) is 23.1 Å². The van der Waals surface area contributed by atoms with Crippen molar-refractivity contribution in [2.45, 2.75) is 19.4 Å². The fourth-order valence-corrected chi connectivity index (χ4v) is 4.99. The summed E-state index contributed by atoms with van der Waals surface area (Å²) in [6, 6.07) is 15.3. The summed E-state index contributed by atoms with van der Waals surface area (Å²) in [5.41, 5.74) is 0.262. The Morgan fingerprint density at radius 1 is 1.07 bits per heavy atom. The van der Waals surface area contributed by atoms with Crippen molar-refractivity contribution in [1.82, 2.24) is 4.90 Å². The lowest BCUT2D eigenvalue weighted by Crippen LogP contribution is -2.43. The highest BCUT2D eigenvalue weighted by Gasteiger charge is 2.34. The van der Waals surface area contributed by atoms with Crippen LogP contribution in [0, 0.1) is 0 Å². The van der Waals surface area contributed by atoms with Crippen LogP contribution in [0.4, 0.5) is 0 Å². The van der Waals surface area contributed by atoms with Gasteiger partial charge < -0.3 is 14.4 Å². The van der Waals surface area contributed by atoms with E-state index in [2.05, 4.69) is 0 Å². The number of ether oxygens (including phenoxy) is 2. The summed E-state index contributed by atoms with van der Waals surface area (Å²) in [5.74, 6) is 0.0997. The largest absolute Gasteiger partial charge is 0.457 e. The number of hydrogen-bond acceptors (Lipinski definition) is 6. The Labute approximate surface area is 170 Å². The van der Waals surface area contributed by atoms with Crippen molar-refractivity contribution in [3.05, 3.63) is 60.2 Å². The topological polar surface area (TPSA) is 90.0 Å². The predicted octanol–water partition coefficient (Wildman–Crippen LogP) is 2.67. The number of amides is 1. The van der Waals surface area contributed by atoms with Crippen molar-refractivity contribution >= 4 is 21.7 Å². The maximum absolute atomic E-state index is 12.4. The third-order valence-electron chi connectivity index (χ3n) is 4.69. The number of carbonyl (C=O) groups is 2. The van der Waals surface area contributed by atoms with Crippen LogP contribution in [0.5, 0.6) is 11.5 Å². The molecular weight excluding hydrogens is 394 g/mol. The van der Waals surface area contributed by atoms with Gasteiger partial charge in [-0.25, -0.2) is 13.2 Å². The molecule has 154 valence electrons. The minimum atomic E-state index is -3.10. The molecule has 1 aliphatic rings. The van der Waals surface area contributed by atoms with Crippen LogP contribution in [0.1, 0.15) is 23.7 Å². The first-order valence-corrected chi connectivity index (χ1v) is 11.2. The number of benzene rings is 2. The Hall–Kier alpha value is -2.87. The molecule has 0 N–H and O–H groups in total. The van der Waals surface area contributed by atoms with Crippen LogP contribution < -0.4 is 4.74 Å². The maximum Gasteiger partial charge on any atom is 0.338 e. The number of hydrogen-bond donors (Lipinski definition) is 0. The molecule has 1 fully saturated rings. The molecule has 0 aliphatic carbocycles. The van der Waals surface area contributed by atoms with E-state index < -0.39 is 28.3 Å². The number of rotatable bonds is 7. The van der Waals surface area contributed by atoms with E-state index in [4.69, 9.17) is 9.47 Å². The van der Waals surface area contributed by atoms with Crippen LogP contribution in [-0.2, 0) is 19.4 Å². The SMILES string of the molecule is CCN(C(=O)COC(=O)c1cccc(Oc2ccccc2)c1)[C@H]1CCS(=O)(=O)C1. The van der Waals surface area contributed by atoms with E-state index in [1.807, 2.05) is 18.2 Å². The smallest absolute Gasteiger partial charge is 0.338 e. The summed E-state index contributed by atoms with van der Waals surface area (Å²) < 4.78 is 34.2. The fourth-order valence-electron chi connectivity index (χ4n) is 3.26. The van der Waals surface area contributed by atoms with Gasteiger partial charge in [0.25, 0.3) is 5.91 Å². The second kappa shape index (κ2) is 9.09. The second-order valence-corrected chi connectivity index (χ2v) is 8.98. The van der Waals surface area contributed by atoms with Gasteiger partial charge >= 0.3 is 5.97 Å². The molecule has 1 amide bonds. The lowest BCUT2D eigenvalue weighted by atomic mass is 10.2. The minimum Gasteiger partial charge on any atom is -0.457 e. The van der Waals surface area contributed by atoms with Crippen molar-refractivity contribution < 1.29 is 27.5 Å². The first kappa shape index (κ1) is 20.9. The van der Waals surface area contributed by atoms with Gasteiger partial charge in [0, 0.05) is 12.6 Å². The van der Waals surface area contributed by atoms with Gasteiger partial charge in [-0.15, -0.1) is 0 Å². The molecule has 1 aliphatic heterocycles. The van der Waals surface area contributed by atoms with Gasteiger partial charge in [0.1, 0.15) is 11.5 Å². The molecule has 1 atom stereocenters. The molecule has 3 rings (SSSR count). The Morgan fingerprint density at radius 2 is 1.79 bits per heavy atom. The van der Waals surface area contributed by atoms with Gasteiger partial charge in [-0.05, 0) is 43.7 Å². The summed E-state index contributed by atoms with van der Waals surface area (Å²) in [6.07, 6.45) is 0.411. The van der Waals surface area contributed by atoms with Crippen molar-refractivity contribution in [3.8, 4) is 11.5 Å². The first-order valence-electron chi connectivity index (χ1n) is 9.38. The van der Waals surface area contributed by atoms with E-state index in [0.29, 0.717) is 24.5 Å². The number of carbonyl (C=O) groups excluding carboxylic acids is 2. The number of nitrogens with zero attached hydrogens (tertiary/aromatic N) is 1. The molecule has 0 spiro atoms. The van der Waals surface area contributed by atoms with Gasteiger partial charge in [0.15, 0.2) is 16.4 Å². The van der Waals surface area contributed by atoms with Crippen LogP contribution >= 0.6 is 0 Å². The van der Waals surface area contributed by atoms with Crippen molar-refractivity contribution in [2.75, 3.05) is 24.7 Å². The van der Waals surface area contributed by atoms with E-state index in [1.165, 1.54) is 4.90 Å². The van der Waals surface area contributed by atoms with Crippen molar-refractivity contribution in [3.63, 3.8) is 0 Å². The average molecular weight is 417 g/mol. The Balaban J connectivity index is 1.58. The highest BCUT2D eigenvalue weighted by Crippen LogP contribution is 2.22. The van der Waals surface area contributed by atoms with Gasteiger partial charge in [-0.2, -0.15) is 0 Å². The molecule has 29 heavy (non-hydrogen) atoms. The van der Waals surface area contributed by atoms with Crippen LogP contribution in [0.15, 0.2) is 54.6 Å². The molecule has 2 aromatic carbocycles. The molecule has 0 bridgehead atoms. The number of sulfone groups is 1. The zero-order chi connectivity index (χ0) is 20.9. The summed E-state index contributed by atoms with van der Waals surface area (Å²) in [6.45, 7) is 1.69. The number of esters is 1. The quantitative estimate of drug-likeness (QED) is 0.644. The minimum absolute atomic E-state index is 0.0423. The van der Waals surface area contributed by atoms with Crippen LogP contribution in [-0.4, -0.2) is 55.9 Å². The number of likely N-dealkylation sites (N-methyl/N-ethyl adjacent to an activating group) is 1. The van der Waals surface area contributed by atoms with Gasteiger partial charge in [0.2, 0.25) is 0 Å². The van der Waals surface area contributed by atoms with Crippen LogP contribution in [0.2, 0.25) is 0 Å². The van der Waals surface area contributed by atoms with E-state index in [9.17, 15) is 18.0 Å². The Bertz CT molecular complexity index is 974. The fraction of sp³-hybridized carbons (Fsp3) is 0.333. The molecule has 0 unspecified atom stereocenters. The summed E-state index contributed by atoms with van der Waals surface area (Å²) in [4.78, 5) is 26.3. The van der Waals surface area contributed by atoms with Crippen LogP contribution in [0.3, 0.4) is 0 Å². The molecule has 0 radical (unpaired) electrons. The lowest BCUT2D eigenvalue weighted by Gasteiger charge is -2.26. The zero-order valence-electron chi connectivity index (χ0n) is 16.1.